The molecule has 148 valence electrons. The molecule has 0 saturated carbocycles. The van der Waals surface area contributed by atoms with Gasteiger partial charge in [-0.2, -0.15) is 13.2 Å². The Bertz CT molecular complexity index is 762. The lowest BCUT2D eigenvalue weighted by molar-refractivity contribution is -0.186. The number of halogens is 3. The molecule has 1 heterocycles. The Labute approximate surface area is 161 Å². The molecular weight excluding hydrogens is 369 g/mol. The fourth-order valence-corrected chi connectivity index (χ4v) is 3.48. The summed E-state index contributed by atoms with van der Waals surface area (Å²) < 4.78 is 37.7. The van der Waals surface area contributed by atoms with Crippen LogP contribution in [-0.2, 0) is 9.59 Å². The SMILES string of the molecule is O=C(NC1CCN(C(=O)C(F)(F)F)CC1)C(c1ccccc1)c1ccccc1. The summed E-state index contributed by atoms with van der Waals surface area (Å²) in [7, 11) is 0. The summed E-state index contributed by atoms with van der Waals surface area (Å²) in [6.07, 6.45) is -4.27. The smallest absolute Gasteiger partial charge is 0.352 e. The van der Waals surface area contributed by atoms with E-state index in [1.54, 1.807) is 0 Å². The van der Waals surface area contributed by atoms with Gasteiger partial charge >= 0.3 is 12.1 Å². The molecule has 2 amide bonds. The van der Waals surface area contributed by atoms with Crippen molar-refractivity contribution in [3.63, 3.8) is 0 Å². The van der Waals surface area contributed by atoms with Gasteiger partial charge in [-0.05, 0) is 24.0 Å². The molecule has 1 aliphatic heterocycles. The summed E-state index contributed by atoms with van der Waals surface area (Å²) in [4.78, 5) is 25.2. The number of nitrogens with zero attached hydrogens (tertiary/aromatic N) is 1. The van der Waals surface area contributed by atoms with E-state index >= 15 is 0 Å². The molecule has 28 heavy (non-hydrogen) atoms. The Hall–Kier alpha value is -2.83. The fourth-order valence-electron chi connectivity index (χ4n) is 3.48. The van der Waals surface area contributed by atoms with E-state index in [1.807, 2.05) is 60.7 Å². The zero-order valence-corrected chi connectivity index (χ0v) is 15.2. The Balaban J connectivity index is 1.68. The molecule has 0 spiro atoms. The molecule has 1 N–H and O–H groups in total. The van der Waals surface area contributed by atoms with Crippen LogP contribution in [0.1, 0.15) is 29.9 Å². The van der Waals surface area contributed by atoms with Gasteiger partial charge in [0.25, 0.3) is 0 Å². The van der Waals surface area contributed by atoms with Crippen LogP contribution in [-0.4, -0.2) is 42.0 Å². The van der Waals surface area contributed by atoms with Gasteiger partial charge in [0.2, 0.25) is 5.91 Å². The molecule has 0 unspecified atom stereocenters. The first-order valence-electron chi connectivity index (χ1n) is 9.12. The van der Waals surface area contributed by atoms with E-state index in [-0.39, 0.29) is 25.0 Å². The maximum Gasteiger partial charge on any atom is 0.471 e. The molecule has 2 aromatic carbocycles. The quantitative estimate of drug-likeness (QED) is 0.869. The van der Waals surface area contributed by atoms with Gasteiger partial charge in [0.1, 0.15) is 0 Å². The van der Waals surface area contributed by atoms with E-state index in [0.29, 0.717) is 12.8 Å². The fraction of sp³-hybridized carbons (Fsp3) is 0.333. The minimum Gasteiger partial charge on any atom is -0.352 e. The lowest BCUT2D eigenvalue weighted by Crippen LogP contribution is -2.50. The van der Waals surface area contributed by atoms with Gasteiger partial charge in [0.15, 0.2) is 0 Å². The maximum absolute atomic E-state index is 13.0. The molecule has 2 aromatic rings. The van der Waals surface area contributed by atoms with Gasteiger partial charge in [-0.1, -0.05) is 60.7 Å². The van der Waals surface area contributed by atoms with E-state index in [4.69, 9.17) is 0 Å². The van der Waals surface area contributed by atoms with E-state index in [1.165, 1.54) is 0 Å². The zero-order valence-electron chi connectivity index (χ0n) is 15.2. The molecule has 7 heteroatoms. The van der Waals surface area contributed by atoms with Crippen molar-refractivity contribution in [2.75, 3.05) is 13.1 Å². The number of alkyl halides is 3. The van der Waals surface area contributed by atoms with Crippen LogP contribution in [0.3, 0.4) is 0 Å². The van der Waals surface area contributed by atoms with E-state index in [0.717, 1.165) is 16.0 Å². The van der Waals surface area contributed by atoms with E-state index in [2.05, 4.69) is 5.32 Å². The van der Waals surface area contributed by atoms with Gasteiger partial charge < -0.3 is 10.2 Å². The Morgan fingerprint density at radius 1 is 0.893 bits per heavy atom. The van der Waals surface area contributed by atoms with Gasteiger partial charge in [-0.25, -0.2) is 0 Å². The van der Waals surface area contributed by atoms with Crippen molar-refractivity contribution in [1.29, 1.82) is 0 Å². The van der Waals surface area contributed by atoms with Crippen LogP contribution >= 0.6 is 0 Å². The highest BCUT2D eigenvalue weighted by molar-refractivity contribution is 5.87. The number of likely N-dealkylation sites (tertiary alicyclic amines) is 1. The predicted octanol–water partition coefficient (Wildman–Crippen LogP) is 3.49. The number of hydrogen-bond acceptors (Lipinski definition) is 2. The molecule has 0 atom stereocenters. The summed E-state index contributed by atoms with van der Waals surface area (Å²) in [5, 5.41) is 2.96. The van der Waals surface area contributed by atoms with Crippen LogP contribution in [0.4, 0.5) is 13.2 Å². The van der Waals surface area contributed by atoms with Crippen molar-refractivity contribution in [1.82, 2.24) is 10.2 Å². The average molecular weight is 390 g/mol. The van der Waals surface area contributed by atoms with Gasteiger partial charge in [-0.3, -0.25) is 9.59 Å². The predicted molar refractivity (Wildman–Crippen MR) is 98.5 cm³/mol. The van der Waals surface area contributed by atoms with Gasteiger partial charge in [-0.15, -0.1) is 0 Å². The van der Waals surface area contributed by atoms with Crippen molar-refractivity contribution < 1.29 is 22.8 Å². The van der Waals surface area contributed by atoms with Crippen LogP contribution in [0.2, 0.25) is 0 Å². The maximum atomic E-state index is 13.0. The van der Waals surface area contributed by atoms with Crippen LogP contribution in [0, 0.1) is 0 Å². The minimum absolute atomic E-state index is 0.0232. The summed E-state index contributed by atoms with van der Waals surface area (Å²) in [6.45, 7) is -0.0464. The second kappa shape index (κ2) is 8.46. The van der Waals surface area contributed by atoms with Crippen molar-refractivity contribution in [3.8, 4) is 0 Å². The zero-order chi connectivity index (χ0) is 20.1. The molecule has 0 aliphatic carbocycles. The summed E-state index contributed by atoms with van der Waals surface area (Å²) in [5.74, 6) is -2.51. The van der Waals surface area contributed by atoms with Gasteiger partial charge in [0, 0.05) is 19.1 Å². The van der Waals surface area contributed by atoms with Crippen LogP contribution in [0.5, 0.6) is 0 Å². The summed E-state index contributed by atoms with van der Waals surface area (Å²) >= 11 is 0. The third kappa shape index (κ3) is 4.71. The number of rotatable bonds is 4. The number of nitrogens with one attached hydrogen (secondary N) is 1. The molecule has 1 saturated heterocycles. The molecule has 4 nitrogen and oxygen atoms in total. The summed E-state index contributed by atoms with van der Waals surface area (Å²) in [5.41, 5.74) is 1.69. The normalized spacial score (nSPS) is 15.5. The first-order chi connectivity index (χ1) is 13.4. The Kier molecular flexibility index (Phi) is 6.02. The number of hydrogen-bond donors (Lipinski definition) is 1. The average Bonchev–Trinajstić information content (AvgIpc) is 2.69. The van der Waals surface area contributed by atoms with E-state index < -0.39 is 18.0 Å². The molecule has 3 rings (SSSR count). The Morgan fingerprint density at radius 2 is 1.36 bits per heavy atom. The highest BCUT2D eigenvalue weighted by Gasteiger charge is 2.43. The molecular formula is C21H21F3N2O2. The minimum atomic E-state index is -4.86. The van der Waals surface area contributed by atoms with Crippen LogP contribution in [0.25, 0.3) is 0 Å². The topological polar surface area (TPSA) is 49.4 Å². The van der Waals surface area contributed by atoms with Crippen molar-refractivity contribution >= 4 is 11.8 Å². The van der Waals surface area contributed by atoms with Crippen molar-refractivity contribution in [2.45, 2.75) is 31.0 Å². The number of carbonyl (C=O) groups excluding carboxylic acids is 2. The first-order valence-corrected chi connectivity index (χ1v) is 9.12. The molecule has 1 fully saturated rings. The number of carbonyl (C=O) groups is 2. The van der Waals surface area contributed by atoms with E-state index in [9.17, 15) is 22.8 Å². The third-order valence-corrected chi connectivity index (χ3v) is 4.90. The first kappa shape index (κ1) is 19.9. The second-order valence-corrected chi connectivity index (χ2v) is 6.83. The second-order valence-electron chi connectivity index (χ2n) is 6.83. The van der Waals surface area contributed by atoms with Crippen molar-refractivity contribution in [2.24, 2.45) is 0 Å². The monoisotopic (exact) mass is 390 g/mol. The Morgan fingerprint density at radius 3 is 1.79 bits per heavy atom. The number of amides is 2. The lowest BCUT2D eigenvalue weighted by atomic mass is 9.90. The molecule has 0 aromatic heterocycles. The lowest BCUT2D eigenvalue weighted by Gasteiger charge is -2.33. The third-order valence-electron chi connectivity index (χ3n) is 4.90. The highest BCUT2D eigenvalue weighted by Crippen LogP contribution is 2.26. The molecule has 0 bridgehead atoms. The summed E-state index contributed by atoms with van der Waals surface area (Å²) in [6, 6.07) is 18.4. The molecule has 0 radical (unpaired) electrons. The number of benzene rings is 2. The van der Waals surface area contributed by atoms with Crippen LogP contribution < -0.4 is 5.32 Å². The van der Waals surface area contributed by atoms with Crippen LogP contribution in [0.15, 0.2) is 60.7 Å². The molecule has 1 aliphatic rings. The standard InChI is InChI=1S/C21H21F3N2O2/c22-21(23,24)20(28)26-13-11-17(12-14-26)25-19(27)18(15-7-3-1-4-8-15)16-9-5-2-6-10-16/h1-10,17-18H,11-14H2,(H,25,27). The largest absolute Gasteiger partial charge is 0.471 e. The highest BCUT2D eigenvalue weighted by atomic mass is 19.4. The number of piperidine rings is 1. The van der Waals surface area contributed by atoms with Gasteiger partial charge in [0.05, 0.1) is 5.92 Å². The van der Waals surface area contributed by atoms with Crippen molar-refractivity contribution in [3.05, 3.63) is 71.8 Å².